The molecular formula is C21H20N8O3S3. The molecule has 0 fully saturated rings. The molecule has 1 aromatic carbocycles. The summed E-state index contributed by atoms with van der Waals surface area (Å²) in [6, 6.07) is 9.68. The minimum atomic E-state index is -3.85. The molecule has 0 atom stereocenters. The van der Waals surface area contributed by atoms with Crippen molar-refractivity contribution >= 4 is 55.7 Å². The largest absolute Gasteiger partial charge is 0.383 e. The van der Waals surface area contributed by atoms with Crippen LogP contribution in [0, 0.1) is 29.6 Å². The molecule has 11 nitrogen and oxygen atoms in total. The summed E-state index contributed by atoms with van der Waals surface area (Å²) >= 11 is 2.13. The lowest BCUT2D eigenvalue weighted by Gasteiger charge is -2.15. The molecule has 180 valence electrons. The number of rotatable bonds is 8. The molecule has 14 heteroatoms. The fourth-order valence-corrected chi connectivity index (χ4v) is 5.69. The normalized spacial score (nSPS) is 11.0. The number of nitriles is 2. The Morgan fingerprint density at radius 2 is 1.83 bits per heavy atom. The van der Waals surface area contributed by atoms with Crippen molar-refractivity contribution in [1.29, 1.82) is 10.5 Å². The third-order valence-electron chi connectivity index (χ3n) is 4.57. The number of benzene rings is 1. The van der Waals surface area contributed by atoms with Crippen molar-refractivity contribution in [1.82, 2.24) is 15.2 Å². The molecule has 0 spiro atoms. The Morgan fingerprint density at radius 1 is 1.17 bits per heavy atom. The second-order valence-corrected chi connectivity index (χ2v) is 11.3. The van der Waals surface area contributed by atoms with Crippen LogP contribution in [0.15, 0.2) is 34.2 Å². The maximum atomic E-state index is 12.5. The number of aromatic nitrogens is 3. The van der Waals surface area contributed by atoms with Crippen LogP contribution in [0.1, 0.15) is 41.5 Å². The van der Waals surface area contributed by atoms with Gasteiger partial charge in [0.15, 0.2) is 0 Å². The van der Waals surface area contributed by atoms with Crippen molar-refractivity contribution < 1.29 is 13.2 Å². The summed E-state index contributed by atoms with van der Waals surface area (Å²) in [5.41, 5.74) is 7.17. The molecule has 1 amide bonds. The highest BCUT2D eigenvalue weighted by Crippen LogP contribution is 2.33. The van der Waals surface area contributed by atoms with Gasteiger partial charge in [-0.1, -0.05) is 36.9 Å². The van der Waals surface area contributed by atoms with E-state index < -0.39 is 15.9 Å². The van der Waals surface area contributed by atoms with Crippen molar-refractivity contribution in [2.45, 2.75) is 36.6 Å². The van der Waals surface area contributed by atoms with Crippen LogP contribution in [0.2, 0.25) is 0 Å². The van der Waals surface area contributed by atoms with E-state index in [1.807, 2.05) is 19.9 Å². The van der Waals surface area contributed by atoms with Crippen LogP contribution >= 0.6 is 23.1 Å². The van der Waals surface area contributed by atoms with E-state index in [1.54, 1.807) is 6.92 Å². The minimum absolute atomic E-state index is 0.00476. The fraction of sp³-hybridized carbons (Fsp3) is 0.238. The summed E-state index contributed by atoms with van der Waals surface area (Å²) in [6.07, 6.45) is 0. The quantitative estimate of drug-likeness (QED) is 0.366. The Bertz CT molecular complexity index is 1450. The lowest BCUT2D eigenvalue weighted by Crippen LogP contribution is -2.16. The first-order valence-corrected chi connectivity index (χ1v) is 13.3. The lowest BCUT2D eigenvalue weighted by atomic mass is 9.94. The number of carbonyl (C=O) groups excluding carboxylic acids is 1. The topological polar surface area (TPSA) is 188 Å². The summed E-state index contributed by atoms with van der Waals surface area (Å²) in [5, 5.41) is 30.2. The van der Waals surface area contributed by atoms with E-state index in [0.29, 0.717) is 16.3 Å². The molecular weight excluding hydrogens is 508 g/mol. The van der Waals surface area contributed by atoms with E-state index in [4.69, 9.17) is 5.73 Å². The SMILES string of the molecule is Cc1nnc(NS(=O)(=O)c2ccc(NC(=O)CSc3nc(N)c(C#N)c(C(C)C)c3C#N)cc2)s1. The maximum Gasteiger partial charge on any atom is 0.263 e. The van der Waals surface area contributed by atoms with Gasteiger partial charge in [0.1, 0.15) is 28.0 Å². The van der Waals surface area contributed by atoms with Gasteiger partial charge in [0.05, 0.1) is 21.8 Å². The number of amides is 1. The second kappa shape index (κ2) is 10.7. The summed E-state index contributed by atoms with van der Waals surface area (Å²) in [6.45, 7) is 5.39. The first kappa shape index (κ1) is 25.9. The third-order valence-corrected chi connectivity index (χ3v) is 7.78. The second-order valence-electron chi connectivity index (χ2n) is 7.44. The number of nitrogens with zero attached hydrogens (tertiary/aromatic N) is 5. The van der Waals surface area contributed by atoms with Crippen molar-refractivity contribution in [3.8, 4) is 12.1 Å². The zero-order valence-electron chi connectivity index (χ0n) is 18.9. The highest BCUT2D eigenvalue weighted by Gasteiger charge is 2.22. The standard InChI is InChI=1S/C21H20N8O3S3/c1-11(2)18-15(8-22)19(24)26-20(16(18)9-23)33-10-17(30)25-13-4-6-14(7-5-13)35(31,32)29-21-28-27-12(3)34-21/h4-7,11H,10H2,1-3H3,(H2,24,26)(H,25,30)(H,28,29). The van der Waals surface area contributed by atoms with Gasteiger partial charge >= 0.3 is 0 Å². The van der Waals surface area contributed by atoms with Crippen LogP contribution in [0.4, 0.5) is 16.6 Å². The molecule has 0 unspecified atom stereocenters. The summed E-state index contributed by atoms with van der Waals surface area (Å²) in [5.74, 6) is -0.610. The number of hydrogen-bond acceptors (Lipinski definition) is 11. The molecule has 2 heterocycles. The number of anilines is 3. The monoisotopic (exact) mass is 528 g/mol. The molecule has 0 radical (unpaired) electrons. The Hall–Kier alpha value is -3.72. The van der Waals surface area contributed by atoms with Gasteiger partial charge in [0.2, 0.25) is 11.0 Å². The molecule has 0 aliphatic carbocycles. The Labute approximate surface area is 210 Å². The molecule has 0 bridgehead atoms. The van der Waals surface area contributed by atoms with E-state index in [2.05, 4.69) is 31.3 Å². The molecule has 4 N–H and O–H groups in total. The molecule has 0 saturated carbocycles. The number of thioether (sulfide) groups is 1. The smallest absolute Gasteiger partial charge is 0.263 e. The summed E-state index contributed by atoms with van der Waals surface area (Å²) < 4.78 is 27.3. The number of nitrogen functional groups attached to an aromatic ring is 1. The number of aryl methyl sites for hydroxylation is 1. The molecule has 35 heavy (non-hydrogen) atoms. The van der Waals surface area contributed by atoms with Gasteiger partial charge in [-0.15, -0.1) is 10.2 Å². The van der Waals surface area contributed by atoms with Gasteiger partial charge in [-0.3, -0.25) is 9.52 Å². The molecule has 0 saturated heterocycles. The van der Waals surface area contributed by atoms with Gasteiger partial charge in [0.25, 0.3) is 10.0 Å². The van der Waals surface area contributed by atoms with Crippen LogP contribution in [0.5, 0.6) is 0 Å². The van der Waals surface area contributed by atoms with E-state index >= 15 is 0 Å². The van der Waals surface area contributed by atoms with E-state index in [-0.39, 0.29) is 43.7 Å². The highest BCUT2D eigenvalue weighted by atomic mass is 32.2. The minimum Gasteiger partial charge on any atom is -0.383 e. The predicted octanol–water partition coefficient (Wildman–Crippen LogP) is 3.22. The van der Waals surface area contributed by atoms with Crippen molar-refractivity contribution in [3.63, 3.8) is 0 Å². The van der Waals surface area contributed by atoms with Crippen LogP contribution in [0.3, 0.4) is 0 Å². The van der Waals surface area contributed by atoms with E-state index in [0.717, 1.165) is 23.1 Å². The average Bonchev–Trinajstić information content (AvgIpc) is 3.21. The summed E-state index contributed by atoms with van der Waals surface area (Å²) in [4.78, 5) is 16.6. The Balaban J connectivity index is 1.69. The van der Waals surface area contributed by atoms with Crippen LogP contribution in [-0.4, -0.2) is 35.3 Å². The zero-order chi connectivity index (χ0) is 25.8. The number of sulfonamides is 1. The number of hydrogen-bond donors (Lipinski definition) is 3. The van der Waals surface area contributed by atoms with E-state index in [1.165, 1.54) is 24.3 Å². The first-order chi connectivity index (χ1) is 16.6. The predicted molar refractivity (Wildman–Crippen MR) is 133 cm³/mol. The van der Waals surface area contributed by atoms with Gasteiger partial charge in [-0.05, 0) is 42.7 Å². The zero-order valence-corrected chi connectivity index (χ0v) is 21.3. The van der Waals surface area contributed by atoms with Crippen molar-refractivity contribution in [2.24, 2.45) is 0 Å². The van der Waals surface area contributed by atoms with Crippen LogP contribution in [0.25, 0.3) is 0 Å². The average molecular weight is 529 g/mol. The third kappa shape index (κ3) is 6.05. The van der Waals surface area contributed by atoms with Crippen molar-refractivity contribution in [2.75, 3.05) is 21.5 Å². The van der Waals surface area contributed by atoms with Gasteiger partial charge in [-0.2, -0.15) is 10.5 Å². The highest BCUT2D eigenvalue weighted by molar-refractivity contribution is 8.00. The number of carbonyl (C=O) groups is 1. The maximum absolute atomic E-state index is 12.5. The van der Waals surface area contributed by atoms with Gasteiger partial charge in [0, 0.05) is 5.69 Å². The van der Waals surface area contributed by atoms with E-state index in [9.17, 15) is 23.7 Å². The molecule has 2 aromatic heterocycles. The number of pyridine rings is 1. The van der Waals surface area contributed by atoms with Crippen molar-refractivity contribution in [3.05, 3.63) is 46.0 Å². The van der Waals surface area contributed by atoms with Crippen LogP contribution in [-0.2, 0) is 14.8 Å². The Morgan fingerprint density at radius 3 is 2.37 bits per heavy atom. The number of nitrogens with two attached hydrogens (primary N) is 1. The Kier molecular flexibility index (Phi) is 7.91. The molecule has 3 aromatic rings. The van der Waals surface area contributed by atoms with Gasteiger partial charge in [-0.25, -0.2) is 13.4 Å². The molecule has 0 aliphatic rings. The fourth-order valence-electron chi connectivity index (χ4n) is 3.07. The molecule has 3 rings (SSSR count). The summed E-state index contributed by atoms with van der Waals surface area (Å²) in [7, 11) is -3.85. The first-order valence-electron chi connectivity index (χ1n) is 10.0. The van der Waals surface area contributed by atoms with Gasteiger partial charge < -0.3 is 11.1 Å². The molecule has 0 aliphatic heterocycles. The van der Waals surface area contributed by atoms with Crippen LogP contribution < -0.4 is 15.8 Å². The lowest BCUT2D eigenvalue weighted by molar-refractivity contribution is -0.113. The number of nitrogens with one attached hydrogen (secondary N) is 2.